The first-order valence-electron chi connectivity index (χ1n) is 5.45. The lowest BCUT2D eigenvalue weighted by Crippen LogP contribution is -2.07. The van der Waals surface area contributed by atoms with Crippen LogP contribution < -0.4 is 10.5 Å². The first kappa shape index (κ1) is 11.6. The number of hydrogen-bond acceptors (Lipinski definition) is 4. The third-order valence-electron chi connectivity index (χ3n) is 2.68. The zero-order chi connectivity index (χ0) is 12.4. The second kappa shape index (κ2) is 4.55. The van der Waals surface area contributed by atoms with Crippen LogP contribution in [-0.4, -0.2) is 22.1 Å². The van der Waals surface area contributed by atoms with Crippen LogP contribution in [0.15, 0.2) is 24.3 Å². The van der Waals surface area contributed by atoms with Crippen LogP contribution in [0.4, 0.5) is 0 Å². The molecule has 2 aromatic rings. The lowest BCUT2D eigenvalue weighted by atomic mass is 10.2. The number of nitrogens with zero attached hydrogens (tertiary/aromatic N) is 3. The first-order valence-corrected chi connectivity index (χ1v) is 5.45. The molecule has 5 heteroatoms. The Kier molecular flexibility index (Phi) is 3.10. The standard InChI is InChI=1S/C12H16N4O/c1-8(13)12-9(2)16(15-14-12)10-4-6-11(17-3)7-5-10/h4-8H,13H2,1-3H3. The van der Waals surface area contributed by atoms with E-state index in [4.69, 9.17) is 10.5 Å². The number of hydrogen-bond donors (Lipinski definition) is 1. The average molecular weight is 232 g/mol. The van der Waals surface area contributed by atoms with Gasteiger partial charge in [0.25, 0.3) is 0 Å². The molecule has 0 aliphatic heterocycles. The summed E-state index contributed by atoms with van der Waals surface area (Å²) in [5.41, 5.74) is 8.55. The minimum Gasteiger partial charge on any atom is -0.497 e. The van der Waals surface area contributed by atoms with Crippen molar-refractivity contribution in [3.05, 3.63) is 35.7 Å². The molecule has 0 radical (unpaired) electrons. The molecule has 0 aliphatic rings. The molecule has 1 aromatic heterocycles. The number of benzene rings is 1. The summed E-state index contributed by atoms with van der Waals surface area (Å²) in [7, 11) is 1.64. The van der Waals surface area contributed by atoms with Gasteiger partial charge in [-0.15, -0.1) is 5.10 Å². The van der Waals surface area contributed by atoms with Gasteiger partial charge in [0.1, 0.15) is 11.4 Å². The molecule has 17 heavy (non-hydrogen) atoms. The van der Waals surface area contributed by atoms with Crippen LogP contribution in [0.2, 0.25) is 0 Å². The van der Waals surface area contributed by atoms with Crippen molar-refractivity contribution in [3.8, 4) is 11.4 Å². The van der Waals surface area contributed by atoms with E-state index in [1.165, 1.54) is 0 Å². The van der Waals surface area contributed by atoms with Gasteiger partial charge in [-0.05, 0) is 38.1 Å². The summed E-state index contributed by atoms with van der Waals surface area (Å²) in [6, 6.07) is 7.54. The van der Waals surface area contributed by atoms with Crippen LogP contribution in [-0.2, 0) is 0 Å². The van der Waals surface area contributed by atoms with Gasteiger partial charge in [0.05, 0.1) is 18.5 Å². The number of nitrogens with two attached hydrogens (primary N) is 1. The summed E-state index contributed by atoms with van der Waals surface area (Å²) in [5.74, 6) is 0.818. The molecule has 1 atom stereocenters. The van der Waals surface area contributed by atoms with Crippen LogP contribution in [0.1, 0.15) is 24.4 Å². The molecule has 0 bridgehead atoms. The lowest BCUT2D eigenvalue weighted by molar-refractivity contribution is 0.414. The Labute approximate surface area is 100 Å². The van der Waals surface area contributed by atoms with Gasteiger partial charge in [-0.1, -0.05) is 5.21 Å². The molecule has 0 aliphatic carbocycles. The van der Waals surface area contributed by atoms with Gasteiger partial charge >= 0.3 is 0 Å². The third-order valence-corrected chi connectivity index (χ3v) is 2.68. The van der Waals surface area contributed by atoms with Crippen molar-refractivity contribution in [1.29, 1.82) is 0 Å². The highest BCUT2D eigenvalue weighted by molar-refractivity contribution is 5.38. The molecule has 0 fully saturated rings. The smallest absolute Gasteiger partial charge is 0.119 e. The normalized spacial score (nSPS) is 12.5. The summed E-state index contributed by atoms with van der Waals surface area (Å²) in [4.78, 5) is 0. The van der Waals surface area contributed by atoms with E-state index in [2.05, 4.69) is 10.3 Å². The Bertz CT molecular complexity index is 502. The monoisotopic (exact) mass is 232 g/mol. The van der Waals surface area contributed by atoms with E-state index >= 15 is 0 Å². The molecule has 0 saturated heterocycles. The number of aromatic nitrogens is 3. The van der Waals surface area contributed by atoms with Gasteiger partial charge in [0.15, 0.2) is 0 Å². The van der Waals surface area contributed by atoms with E-state index in [0.717, 1.165) is 22.8 Å². The maximum Gasteiger partial charge on any atom is 0.119 e. The second-order valence-corrected chi connectivity index (χ2v) is 3.96. The maximum atomic E-state index is 5.82. The summed E-state index contributed by atoms with van der Waals surface area (Å²) >= 11 is 0. The predicted octanol–water partition coefficient (Wildman–Crippen LogP) is 1.60. The van der Waals surface area contributed by atoms with Crippen LogP contribution in [0, 0.1) is 6.92 Å². The molecule has 1 unspecified atom stereocenters. The van der Waals surface area contributed by atoms with Crippen molar-refractivity contribution in [2.24, 2.45) is 5.73 Å². The van der Waals surface area contributed by atoms with Crippen LogP contribution >= 0.6 is 0 Å². The van der Waals surface area contributed by atoms with Crippen molar-refractivity contribution in [1.82, 2.24) is 15.0 Å². The van der Waals surface area contributed by atoms with E-state index < -0.39 is 0 Å². The van der Waals surface area contributed by atoms with Crippen molar-refractivity contribution < 1.29 is 4.74 Å². The Balaban J connectivity index is 2.39. The van der Waals surface area contributed by atoms with E-state index in [1.807, 2.05) is 38.1 Å². The highest BCUT2D eigenvalue weighted by Gasteiger charge is 2.12. The zero-order valence-electron chi connectivity index (χ0n) is 10.2. The average Bonchev–Trinajstić information content (AvgIpc) is 2.71. The van der Waals surface area contributed by atoms with Crippen molar-refractivity contribution in [2.45, 2.75) is 19.9 Å². The molecular weight excluding hydrogens is 216 g/mol. The number of rotatable bonds is 3. The summed E-state index contributed by atoms with van der Waals surface area (Å²) in [5, 5.41) is 8.20. The first-order chi connectivity index (χ1) is 8.13. The minimum atomic E-state index is -0.109. The molecule has 1 aromatic carbocycles. The lowest BCUT2D eigenvalue weighted by Gasteiger charge is -2.06. The van der Waals surface area contributed by atoms with Crippen LogP contribution in [0.3, 0.4) is 0 Å². The van der Waals surface area contributed by atoms with Gasteiger partial charge in [-0.25, -0.2) is 4.68 Å². The quantitative estimate of drug-likeness (QED) is 0.873. The Morgan fingerprint density at radius 1 is 1.29 bits per heavy atom. The van der Waals surface area contributed by atoms with Crippen molar-refractivity contribution in [2.75, 3.05) is 7.11 Å². The Morgan fingerprint density at radius 3 is 2.41 bits per heavy atom. The Morgan fingerprint density at radius 2 is 1.94 bits per heavy atom. The van der Waals surface area contributed by atoms with Gasteiger partial charge in [-0.2, -0.15) is 0 Å². The summed E-state index contributed by atoms with van der Waals surface area (Å²) in [6.07, 6.45) is 0. The minimum absolute atomic E-state index is 0.109. The number of ether oxygens (including phenoxy) is 1. The van der Waals surface area contributed by atoms with E-state index in [-0.39, 0.29) is 6.04 Å². The Hall–Kier alpha value is -1.88. The van der Waals surface area contributed by atoms with Crippen molar-refractivity contribution in [3.63, 3.8) is 0 Å². The van der Waals surface area contributed by atoms with E-state index in [1.54, 1.807) is 11.8 Å². The molecule has 5 nitrogen and oxygen atoms in total. The SMILES string of the molecule is COc1ccc(-n2nnc(C(C)N)c2C)cc1. The highest BCUT2D eigenvalue weighted by atomic mass is 16.5. The fourth-order valence-corrected chi connectivity index (χ4v) is 1.73. The maximum absolute atomic E-state index is 5.82. The van der Waals surface area contributed by atoms with Gasteiger partial charge in [0.2, 0.25) is 0 Å². The van der Waals surface area contributed by atoms with E-state index in [0.29, 0.717) is 0 Å². The van der Waals surface area contributed by atoms with Gasteiger partial charge < -0.3 is 10.5 Å². The molecule has 1 heterocycles. The van der Waals surface area contributed by atoms with Gasteiger partial charge in [0, 0.05) is 6.04 Å². The molecule has 90 valence electrons. The number of methoxy groups -OCH3 is 1. The molecule has 0 amide bonds. The predicted molar refractivity (Wildman–Crippen MR) is 65.3 cm³/mol. The van der Waals surface area contributed by atoms with E-state index in [9.17, 15) is 0 Å². The molecule has 0 spiro atoms. The van der Waals surface area contributed by atoms with Crippen LogP contribution in [0.25, 0.3) is 5.69 Å². The fraction of sp³-hybridized carbons (Fsp3) is 0.333. The molecule has 2 rings (SSSR count). The topological polar surface area (TPSA) is 66.0 Å². The highest BCUT2D eigenvalue weighted by Crippen LogP contribution is 2.18. The molecule has 0 saturated carbocycles. The second-order valence-electron chi connectivity index (χ2n) is 3.96. The van der Waals surface area contributed by atoms with Crippen LogP contribution in [0.5, 0.6) is 5.75 Å². The van der Waals surface area contributed by atoms with Crippen molar-refractivity contribution >= 4 is 0 Å². The zero-order valence-corrected chi connectivity index (χ0v) is 10.2. The summed E-state index contributed by atoms with van der Waals surface area (Å²) in [6.45, 7) is 3.86. The molecule has 2 N–H and O–H groups in total. The largest absolute Gasteiger partial charge is 0.497 e. The molecular formula is C12H16N4O. The van der Waals surface area contributed by atoms with Gasteiger partial charge in [-0.3, -0.25) is 0 Å². The third kappa shape index (κ3) is 2.14. The summed E-state index contributed by atoms with van der Waals surface area (Å²) < 4.78 is 6.89. The fourth-order valence-electron chi connectivity index (χ4n) is 1.73.